The van der Waals surface area contributed by atoms with Crippen molar-refractivity contribution in [1.29, 1.82) is 0 Å². The lowest BCUT2D eigenvalue weighted by Gasteiger charge is -2.17. The maximum absolute atomic E-state index is 12.4. The average molecular weight is 416 g/mol. The van der Waals surface area contributed by atoms with Crippen LogP contribution >= 0.6 is 0 Å². The molecule has 3 rings (SSSR count). The van der Waals surface area contributed by atoms with Gasteiger partial charge in [0.15, 0.2) is 12.3 Å². The molecule has 0 aliphatic carbocycles. The van der Waals surface area contributed by atoms with Gasteiger partial charge in [0.2, 0.25) is 0 Å². The second kappa shape index (κ2) is 10.2. The Hall–Kier alpha value is -3.72. The summed E-state index contributed by atoms with van der Waals surface area (Å²) >= 11 is 0. The van der Waals surface area contributed by atoms with Crippen LogP contribution in [0.5, 0.6) is 5.75 Å². The van der Waals surface area contributed by atoms with E-state index in [0.29, 0.717) is 0 Å². The first-order chi connectivity index (χ1) is 14.5. The highest BCUT2D eigenvalue weighted by atomic mass is 19.3. The number of hydrazine groups is 1. The monoisotopic (exact) mass is 416 g/mol. The molecular weight excluding hydrogens is 396 g/mol. The Kier molecular flexibility index (Phi) is 7.12. The number of halogens is 2. The first-order valence-electron chi connectivity index (χ1n) is 9.08. The number of rotatable bonds is 8. The van der Waals surface area contributed by atoms with E-state index in [2.05, 4.69) is 15.6 Å². The lowest BCUT2D eigenvalue weighted by Crippen LogP contribution is -2.88. The summed E-state index contributed by atoms with van der Waals surface area (Å²) in [7, 11) is 0. The number of hydrogen-bond acceptors (Lipinski definition) is 4. The number of nitrogens with one attached hydrogen (secondary N) is 2. The van der Waals surface area contributed by atoms with Crippen LogP contribution < -0.4 is 20.9 Å². The van der Waals surface area contributed by atoms with E-state index in [9.17, 15) is 18.4 Å². The highest BCUT2D eigenvalue weighted by molar-refractivity contribution is 5.92. The fraction of sp³-hybridized carbons (Fsp3) is 0.143. The van der Waals surface area contributed by atoms with Gasteiger partial charge in [0, 0.05) is 11.1 Å². The van der Waals surface area contributed by atoms with Crippen LogP contribution in [0.15, 0.2) is 77.4 Å². The Morgan fingerprint density at radius 1 is 0.933 bits per heavy atom. The predicted molar refractivity (Wildman–Crippen MR) is 102 cm³/mol. The van der Waals surface area contributed by atoms with Crippen molar-refractivity contribution in [3.63, 3.8) is 0 Å². The van der Waals surface area contributed by atoms with Crippen molar-refractivity contribution in [2.45, 2.75) is 12.7 Å². The van der Waals surface area contributed by atoms with Gasteiger partial charge in [-0.15, -0.1) is 0 Å². The molecule has 0 radical (unpaired) electrons. The molecule has 3 aromatic rings. The number of carbonyl (C=O) groups is 2. The van der Waals surface area contributed by atoms with E-state index in [4.69, 9.17) is 4.42 Å². The average Bonchev–Trinajstić information content (AvgIpc) is 3.29. The summed E-state index contributed by atoms with van der Waals surface area (Å²) in [5, 5.41) is 1.77. The lowest BCUT2D eigenvalue weighted by atomic mass is 9.98. The van der Waals surface area contributed by atoms with Crippen LogP contribution in [0.4, 0.5) is 8.78 Å². The van der Waals surface area contributed by atoms with Gasteiger partial charge in [-0.2, -0.15) is 8.78 Å². The standard InChI is InChI=1S/C21H19F2N3O4/c22-21(23)30-16-10-8-15(9-11-16)19(14-5-2-1-3-6-14)24-13-18(27)25-26-20(28)17-7-4-12-29-17/h1-12,19,21,24H,13H2,(H,25,27)(H,26,28)/p+1/t19-/m1/s1. The zero-order valence-corrected chi connectivity index (χ0v) is 15.8. The van der Waals surface area contributed by atoms with Crippen LogP contribution in [0.2, 0.25) is 0 Å². The molecule has 156 valence electrons. The third-order valence-electron chi connectivity index (χ3n) is 4.22. The highest BCUT2D eigenvalue weighted by Gasteiger charge is 2.20. The number of nitrogens with two attached hydrogens (primary N) is 1. The normalized spacial score (nSPS) is 11.7. The topological polar surface area (TPSA) is 97.2 Å². The zero-order chi connectivity index (χ0) is 21.3. The number of carbonyl (C=O) groups excluding carboxylic acids is 2. The van der Waals surface area contributed by atoms with Gasteiger partial charge in [0.1, 0.15) is 11.8 Å². The summed E-state index contributed by atoms with van der Waals surface area (Å²) in [5.74, 6) is -0.859. The summed E-state index contributed by atoms with van der Waals surface area (Å²) in [6.07, 6.45) is 1.35. The molecule has 30 heavy (non-hydrogen) atoms. The van der Waals surface area contributed by atoms with Crippen molar-refractivity contribution in [3.8, 4) is 5.75 Å². The van der Waals surface area contributed by atoms with Crippen molar-refractivity contribution in [3.05, 3.63) is 89.9 Å². The number of benzene rings is 2. The van der Waals surface area contributed by atoms with E-state index in [1.54, 1.807) is 23.5 Å². The molecular formula is C21H20F2N3O4+. The molecule has 0 saturated carbocycles. The van der Waals surface area contributed by atoms with Gasteiger partial charge in [-0.05, 0) is 36.4 Å². The number of quaternary nitrogens is 1. The zero-order valence-electron chi connectivity index (χ0n) is 15.8. The first-order valence-corrected chi connectivity index (χ1v) is 9.08. The quantitative estimate of drug-likeness (QED) is 0.490. The third kappa shape index (κ3) is 5.89. The third-order valence-corrected chi connectivity index (χ3v) is 4.22. The molecule has 1 atom stereocenters. The van der Waals surface area contributed by atoms with E-state index in [1.165, 1.54) is 24.5 Å². The van der Waals surface area contributed by atoms with Gasteiger partial charge in [-0.1, -0.05) is 30.3 Å². The molecule has 4 N–H and O–H groups in total. The van der Waals surface area contributed by atoms with Crippen LogP contribution in [-0.4, -0.2) is 25.0 Å². The molecule has 2 amide bonds. The molecule has 0 unspecified atom stereocenters. The van der Waals surface area contributed by atoms with Crippen molar-refractivity contribution in [2.75, 3.05) is 6.54 Å². The Labute approximate surface area is 171 Å². The minimum absolute atomic E-state index is 0.00722. The van der Waals surface area contributed by atoms with Crippen molar-refractivity contribution in [2.24, 2.45) is 0 Å². The van der Waals surface area contributed by atoms with E-state index in [-0.39, 0.29) is 24.1 Å². The first kappa shape index (κ1) is 21.0. The molecule has 1 heterocycles. The molecule has 2 aromatic carbocycles. The smallest absolute Gasteiger partial charge is 0.387 e. The van der Waals surface area contributed by atoms with Gasteiger partial charge in [-0.3, -0.25) is 20.4 Å². The van der Waals surface area contributed by atoms with Crippen LogP contribution in [-0.2, 0) is 4.79 Å². The van der Waals surface area contributed by atoms with Gasteiger partial charge < -0.3 is 14.5 Å². The highest BCUT2D eigenvalue weighted by Crippen LogP contribution is 2.22. The van der Waals surface area contributed by atoms with Gasteiger partial charge in [-0.25, -0.2) is 0 Å². The lowest BCUT2D eigenvalue weighted by molar-refractivity contribution is -0.676. The Bertz CT molecular complexity index is 948. The molecule has 7 nitrogen and oxygen atoms in total. The Morgan fingerprint density at radius 3 is 2.27 bits per heavy atom. The molecule has 0 saturated heterocycles. The SMILES string of the molecule is O=C(C[NH2+][C@H](c1ccccc1)c1ccc(OC(F)F)cc1)NNC(=O)c1ccco1. The summed E-state index contributed by atoms with van der Waals surface area (Å²) in [6, 6.07) is 18.4. The fourth-order valence-corrected chi connectivity index (χ4v) is 2.85. The molecule has 1 aromatic heterocycles. The van der Waals surface area contributed by atoms with Gasteiger partial charge in [0.25, 0.3) is 5.91 Å². The number of alkyl halides is 2. The molecule has 0 bridgehead atoms. The molecule has 0 spiro atoms. The summed E-state index contributed by atoms with van der Waals surface area (Å²) < 4.78 is 34.1. The van der Waals surface area contributed by atoms with Crippen molar-refractivity contribution >= 4 is 11.8 Å². The minimum Gasteiger partial charge on any atom is -0.459 e. The van der Waals surface area contributed by atoms with Gasteiger partial charge >= 0.3 is 12.5 Å². The number of ether oxygens (including phenoxy) is 1. The second-order valence-corrected chi connectivity index (χ2v) is 6.26. The van der Waals surface area contributed by atoms with Crippen LogP contribution in [0.25, 0.3) is 0 Å². The molecule has 0 fully saturated rings. The second-order valence-electron chi connectivity index (χ2n) is 6.26. The van der Waals surface area contributed by atoms with Crippen LogP contribution in [0.3, 0.4) is 0 Å². The minimum atomic E-state index is -2.90. The molecule has 0 aliphatic heterocycles. The van der Waals surface area contributed by atoms with Crippen molar-refractivity contribution < 1.29 is 32.8 Å². The largest absolute Gasteiger partial charge is 0.459 e. The van der Waals surface area contributed by atoms with Crippen molar-refractivity contribution in [1.82, 2.24) is 10.9 Å². The van der Waals surface area contributed by atoms with Crippen LogP contribution in [0, 0.1) is 0 Å². The van der Waals surface area contributed by atoms with E-state index in [0.717, 1.165) is 11.1 Å². The summed E-state index contributed by atoms with van der Waals surface area (Å²) in [4.78, 5) is 24.0. The van der Waals surface area contributed by atoms with E-state index >= 15 is 0 Å². The van der Waals surface area contributed by atoms with Gasteiger partial charge in [0.05, 0.1) is 6.26 Å². The molecule has 9 heteroatoms. The Morgan fingerprint density at radius 2 is 1.63 bits per heavy atom. The number of hydrogen-bond donors (Lipinski definition) is 3. The Balaban J connectivity index is 1.63. The van der Waals surface area contributed by atoms with E-state index < -0.39 is 18.4 Å². The maximum Gasteiger partial charge on any atom is 0.387 e. The molecule has 0 aliphatic rings. The van der Waals surface area contributed by atoms with E-state index in [1.807, 2.05) is 30.3 Å². The summed E-state index contributed by atoms with van der Waals surface area (Å²) in [6.45, 7) is -2.89. The number of furan rings is 1. The summed E-state index contributed by atoms with van der Waals surface area (Å²) in [5.41, 5.74) is 6.33. The van der Waals surface area contributed by atoms with Crippen LogP contribution in [0.1, 0.15) is 27.7 Å². The maximum atomic E-state index is 12.4. The fourth-order valence-electron chi connectivity index (χ4n) is 2.85. The number of amides is 2. The predicted octanol–water partition coefficient (Wildman–Crippen LogP) is 1.99.